The Kier molecular flexibility index (Phi) is 10.2. The first-order valence-corrected chi connectivity index (χ1v) is 13.6. The third-order valence-corrected chi connectivity index (χ3v) is 7.35. The number of nitrogens with zero attached hydrogens (tertiary/aromatic N) is 3. The van der Waals surface area contributed by atoms with E-state index in [1.807, 2.05) is 13.0 Å². The van der Waals surface area contributed by atoms with Crippen LogP contribution in [0.15, 0.2) is 48.1 Å². The molecule has 0 aliphatic heterocycles. The molecule has 4 nitrogen and oxygen atoms in total. The van der Waals surface area contributed by atoms with Gasteiger partial charge in [-0.25, -0.2) is 4.98 Å². The normalized spacial score (nSPS) is 15.4. The number of anilines is 1. The lowest BCUT2D eigenvalue weighted by atomic mass is 9.96. The van der Waals surface area contributed by atoms with Crippen molar-refractivity contribution in [3.8, 4) is 11.3 Å². The minimum atomic E-state index is -4.42. The molecule has 1 fully saturated rings. The Bertz CT molecular complexity index is 1060. The standard InChI is InChI=1S/C28H37F3N4S/c1-5-17-35(18-6-2)27-34-25(22-11-10-12-23(19-22)28(29,30)31)26(36-27)20(3)15-16-32-21(4)33-24-13-8-7-9-14-24/h10-12,15-16,19,24H,3,5-9,13-14,17-18H2,1-2,4H3,(H,32,33)/b16-15-. The molecule has 0 amide bonds. The van der Waals surface area contributed by atoms with Gasteiger partial charge in [0.1, 0.15) is 0 Å². The summed E-state index contributed by atoms with van der Waals surface area (Å²) in [6.45, 7) is 12.1. The molecule has 3 rings (SSSR count). The van der Waals surface area contributed by atoms with Gasteiger partial charge in [0, 0.05) is 24.9 Å². The highest BCUT2D eigenvalue weighted by atomic mass is 32.1. The van der Waals surface area contributed by atoms with E-state index in [9.17, 15) is 13.2 Å². The number of alkyl halides is 3. The fourth-order valence-electron chi connectivity index (χ4n) is 4.40. The van der Waals surface area contributed by atoms with Gasteiger partial charge >= 0.3 is 6.18 Å². The molecule has 0 unspecified atom stereocenters. The average Bonchev–Trinajstić information content (AvgIpc) is 3.30. The largest absolute Gasteiger partial charge is 0.416 e. The molecule has 1 heterocycles. The van der Waals surface area contributed by atoms with Gasteiger partial charge in [0.05, 0.1) is 28.0 Å². The Hall–Kier alpha value is -2.61. The second kappa shape index (κ2) is 13.1. The Balaban J connectivity index is 1.89. The lowest BCUT2D eigenvalue weighted by Crippen LogP contribution is -2.24. The van der Waals surface area contributed by atoms with Crippen LogP contribution in [0, 0.1) is 0 Å². The highest BCUT2D eigenvalue weighted by Crippen LogP contribution is 2.39. The highest BCUT2D eigenvalue weighted by Gasteiger charge is 2.31. The maximum atomic E-state index is 13.4. The van der Waals surface area contributed by atoms with E-state index in [0.29, 0.717) is 22.9 Å². The van der Waals surface area contributed by atoms with Gasteiger partial charge in [0.25, 0.3) is 0 Å². The Morgan fingerprint density at radius 3 is 2.53 bits per heavy atom. The van der Waals surface area contributed by atoms with E-state index in [1.54, 1.807) is 12.3 Å². The van der Waals surface area contributed by atoms with Gasteiger partial charge in [-0.3, -0.25) is 4.99 Å². The van der Waals surface area contributed by atoms with Crippen LogP contribution < -0.4 is 10.2 Å². The van der Waals surface area contributed by atoms with Crippen LogP contribution in [0.25, 0.3) is 16.8 Å². The Labute approximate surface area is 217 Å². The second-order valence-corrected chi connectivity index (χ2v) is 10.2. The van der Waals surface area contributed by atoms with E-state index in [4.69, 9.17) is 9.98 Å². The summed E-state index contributed by atoms with van der Waals surface area (Å²) in [7, 11) is 0. The van der Waals surface area contributed by atoms with E-state index in [-0.39, 0.29) is 0 Å². The average molecular weight is 519 g/mol. The molecule has 1 aliphatic carbocycles. The molecule has 1 N–H and O–H groups in total. The van der Waals surface area contributed by atoms with Gasteiger partial charge < -0.3 is 10.2 Å². The van der Waals surface area contributed by atoms with Gasteiger partial charge in [-0.2, -0.15) is 13.2 Å². The number of rotatable bonds is 10. The Morgan fingerprint density at radius 2 is 1.89 bits per heavy atom. The van der Waals surface area contributed by atoms with Crippen LogP contribution in [-0.4, -0.2) is 30.0 Å². The van der Waals surface area contributed by atoms with Crippen LogP contribution in [0.3, 0.4) is 0 Å². The number of nitrogens with one attached hydrogen (secondary N) is 1. The molecular weight excluding hydrogens is 481 g/mol. The van der Waals surface area contributed by atoms with E-state index >= 15 is 0 Å². The third-order valence-electron chi connectivity index (χ3n) is 6.16. The molecule has 1 aromatic carbocycles. The fraction of sp³-hybridized carbons (Fsp3) is 0.500. The van der Waals surface area contributed by atoms with Crippen LogP contribution in [0.5, 0.6) is 0 Å². The molecule has 1 saturated carbocycles. The summed E-state index contributed by atoms with van der Waals surface area (Å²) in [5.74, 6) is 0.853. The molecule has 1 aliphatic rings. The van der Waals surface area contributed by atoms with E-state index in [2.05, 4.69) is 30.6 Å². The molecular formula is C28H37F3N4S. The topological polar surface area (TPSA) is 40.5 Å². The van der Waals surface area contributed by atoms with Crippen molar-refractivity contribution in [2.24, 2.45) is 4.99 Å². The molecule has 0 radical (unpaired) electrons. The van der Waals surface area contributed by atoms with E-state index in [0.717, 1.165) is 60.7 Å². The summed E-state index contributed by atoms with van der Waals surface area (Å²) in [6, 6.07) is 5.74. The smallest absolute Gasteiger partial charge is 0.351 e. The predicted molar refractivity (Wildman–Crippen MR) is 147 cm³/mol. The molecule has 36 heavy (non-hydrogen) atoms. The zero-order chi connectivity index (χ0) is 26.1. The molecule has 8 heteroatoms. The first-order valence-electron chi connectivity index (χ1n) is 12.8. The summed E-state index contributed by atoms with van der Waals surface area (Å²) < 4.78 is 40.2. The maximum absolute atomic E-state index is 13.4. The van der Waals surface area contributed by atoms with Crippen molar-refractivity contribution in [3.63, 3.8) is 0 Å². The number of halogens is 3. The highest BCUT2D eigenvalue weighted by molar-refractivity contribution is 7.17. The van der Waals surface area contributed by atoms with Gasteiger partial charge in [-0.05, 0) is 56.4 Å². The minimum Gasteiger partial charge on any atom is -0.351 e. The number of aliphatic imine (C=N–C) groups is 1. The van der Waals surface area contributed by atoms with Crippen LogP contribution in [0.2, 0.25) is 0 Å². The number of thiazole rings is 1. The van der Waals surface area contributed by atoms with Crippen molar-refractivity contribution < 1.29 is 13.2 Å². The molecule has 1 aromatic heterocycles. The number of amidine groups is 1. The quantitative estimate of drug-likeness (QED) is 0.195. The molecule has 2 aromatic rings. The summed E-state index contributed by atoms with van der Waals surface area (Å²) >= 11 is 1.48. The summed E-state index contributed by atoms with van der Waals surface area (Å²) in [5.41, 5.74) is 0.974. The van der Waals surface area contributed by atoms with E-state index < -0.39 is 11.7 Å². The van der Waals surface area contributed by atoms with Gasteiger partial charge in [0.15, 0.2) is 5.13 Å². The third kappa shape index (κ3) is 7.69. The van der Waals surface area contributed by atoms with Crippen molar-refractivity contribution in [1.82, 2.24) is 10.3 Å². The molecule has 0 spiro atoms. The van der Waals surface area contributed by atoms with Crippen molar-refractivity contribution in [3.05, 3.63) is 53.6 Å². The maximum Gasteiger partial charge on any atom is 0.416 e. The minimum absolute atomic E-state index is 0.377. The Morgan fingerprint density at radius 1 is 1.19 bits per heavy atom. The number of allylic oxidation sites excluding steroid dienone is 2. The first-order chi connectivity index (χ1) is 17.2. The number of aromatic nitrogens is 1. The summed E-state index contributed by atoms with van der Waals surface area (Å²) in [6.07, 6.45) is 7.15. The van der Waals surface area contributed by atoms with E-state index in [1.165, 1.54) is 42.7 Å². The zero-order valence-electron chi connectivity index (χ0n) is 21.5. The van der Waals surface area contributed by atoms with Crippen LogP contribution in [0.1, 0.15) is 76.2 Å². The van der Waals surface area contributed by atoms with Crippen molar-refractivity contribution in [2.45, 2.75) is 77.9 Å². The predicted octanol–water partition coefficient (Wildman–Crippen LogP) is 8.32. The first kappa shape index (κ1) is 28.0. The monoisotopic (exact) mass is 518 g/mol. The van der Waals surface area contributed by atoms with Crippen LogP contribution >= 0.6 is 11.3 Å². The number of hydrogen-bond donors (Lipinski definition) is 1. The zero-order valence-corrected chi connectivity index (χ0v) is 22.3. The fourth-order valence-corrected chi connectivity index (χ4v) is 5.49. The van der Waals surface area contributed by atoms with Crippen molar-refractivity contribution in [1.29, 1.82) is 0 Å². The number of benzene rings is 1. The van der Waals surface area contributed by atoms with Crippen molar-refractivity contribution in [2.75, 3.05) is 18.0 Å². The lowest BCUT2D eigenvalue weighted by molar-refractivity contribution is -0.137. The van der Waals surface area contributed by atoms with Gasteiger partial charge in [0.2, 0.25) is 0 Å². The molecule has 0 atom stereocenters. The van der Waals surface area contributed by atoms with Gasteiger partial charge in [-0.1, -0.05) is 63.2 Å². The summed E-state index contributed by atoms with van der Waals surface area (Å²) in [4.78, 5) is 12.6. The number of hydrogen-bond acceptors (Lipinski definition) is 4. The molecule has 0 bridgehead atoms. The SMILES string of the molecule is C=C(/C=C\NC(C)=NC1CCCCC1)c1sc(N(CCC)CCC)nc1-c1cccc(C(F)(F)F)c1. The van der Waals surface area contributed by atoms with Crippen LogP contribution in [0.4, 0.5) is 18.3 Å². The van der Waals surface area contributed by atoms with Gasteiger partial charge in [-0.15, -0.1) is 0 Å². The lowest BCUT2D eigenvalue weighted by Gasteiger charge is -2.20. The van der Waals surface area contributed by atoms with Crippen LogP contribution in [-0.2, 0) is 6.18 Å². The van der Waals surface area contributed by atoms with Crippen molar-refractivity contribution >= 4 is 27.9 Å². The second-order valence-electron chi connectivity index (χ2n) is 9.25. The summed E-state index contributed by atoms with van der Waals surface area (Å²) in [5, 5.41) is 4.03. The molecule has 196 valence electrons. The molecule has 0 saturated heterocycles.